The highest BCUT2D eigenvalue weighted by Gasteiger charge is 2.12. The lowest BCUT2D eigenvalue weighted by Crippen LogP contribution is -2.06. The van der Waals surface area contributed by atoms with Gasteiger partial charge in [0, 0.05) is 30.1 Å². The molecule has 0 bridgehead atoms. The zero-order chi connectivity index (χ0) is 12.3. The van der Waals surface area contributed by atoms with Gasteiger partial charge in [-0.05, 0) is 29.8 Å². The van der Waals surface area contributed by atoms with Crippen molar-refractivity contribution in [2.24, 2.45) is 0 Å². The minimum atomic E-state index is -0.824. The lowest BCUT2D eigenvalue weighted by molar-refractivity contribution is 0.178. The molecule has 88 valence electrons. The number of hydrogen-bond donors (Lipinski definition) is 2. The van der Waals surface area contributed by atoms with Gasteiger partial charge in [0.1, 0.15) is 5.82 Å². The van der Waals surface area contributed by atoms with Gasteiger partial charge >= 0.3 is 0 Å². The smallest absolute Gasteiger partial charge is 0.123 e. The lowest BCUT2D eigenvalue weighted by Gasteiger charge is -2.13. The highest BCUT2D eigenvalue weighted by atomic mass is 19.1. The first-order chi connectivity index (χ1) is 8.16. The van der Waals surface area contributed by atoms with Gasteiger partial charge in [0.2, 0.25) is 0 Å². The molecule has 3 N–H and O–H groups in total. The number of aromatic nitrogens is 1. The first-order valence-electron chi connectivity index (χ1n) is 5.28. The summed E-state index contributed by atoms with van der Waals surface area (Å²) in [6, 6.07) is 7.63. The molecule has 0 fully saturated rings. The molecule has 0 aliphatic heterocycles. The molecule has 2 rings (SSSR count). The van der Waals surface area contributed by atoms with Crippen molar-refractivity contribution in [3.8, 4) is 0 Å². The monoisotopic (exact) mass is 232 g/mol. The van der Waals surface area contributed by atoms with Crippen LogP contribution in [0.4, 0.5) is 10.1 Å². The van der Waals surface area contributed by atoms with E-state index in [9.17, 15) is 9.50 Å². The van der Waals surface area contributed by atoms with E-state index in [1.165, 1.54) is 18.2 Å². The van der Waals surface area contributed by atoms with Crippen molar-refractivity contribution in [2.75, 3.05) is 5.73 Å². The van der Waals surface area contributed by atoms with Crippen LogP contribution >= 0.6 is 0 Å². The second-order valence-electron chi connectivity index (χ2n) is 3.85. The second kappa shape index (κ2) is 4.93. The Labute approximate surface area is 98.7 Å². The Kier molecular flexibility index (Phi) is 3.35. The van der Waals surface area contributed by atoms with E-state index in [-0.39, 0.29) is 0 Å². The lowest BCUT2D eigenvalue weighted by atomic mass is 10.0. The molecule has 1 atom stereocenters. The van der Waals surface area contributed by atoms with E-state index < -0.39 is 11.9 Å². The van der Waals surface area contributed by atoms with E-state index in [1.54, 1.807) is 18.5 Å². The van der Waals surface area contributed by atoms with E-state index >= 15 is 0 Å². The molecular formula is C13H13FN2O. The molecule has 0 aliphatic carbocycles. The van der Waals surface area contributed by atoms with Crippen molar-refractivity contribution >= 4 is 5.69 Å². The number of hydrogen-bond acceptors (Lipinski definition) is 3. The minimum absolute atomic E-state index is 0.363. The van der Waals surface area contributed by atoms with Gasteiger partial charge in [-0.15, -0.1) is 0 Å². The zero-order valence-electron chi connectivity index (χ0n) is 9.18. The number of nitrogens with two attached hydrogens (primary N) is 1. The van der Waals surface area contributed by atoms with Gasteiger partial charge in [-0.25, -0.2) is 4.39 Å². The van der Waals surface area contributed by atoms with Crippen LogP contribution in [-0.2, 0) is 6.42 Å². The van der Waals surface area contributed by atoms with E-state index in [4.69, 9.17) is 5.73 Å². The molecule has 1 aromatic heterocycles. The molecular weight excluding hydrogens is 219 g/mol. The number of aliphatic hydroxyl groups excluding tert-OH is 1. The number of pyridine rings is 1. The molecule has 0 radical (unpaired) electrons. The summed E-state index contributed by atoms with van der Waals surface area (Å²) in [5, 5.41) is 10.0. The summed E-state index contributed by atoms with van der Waals surface area (Å²) >= 11 is 0. The fraction of sp³-hybridized carbons (Fsp3) is 0.154. The third-order valence-corrected chi connectivity index (χ3v) is 2.56. The predicted molar refractivity (Wildman–Crippen MR) is 63.7 cm³/mol. The van der Waals surface area contributed by atoms with Gasteiger partial charge in [0.05, 0.1) is 6.10 Å². The zero-order valence-corrected chi connectivity index (χ0v) is 9.18. The van der Waals surface area contributed by atoms with Crippen LogP contribution in [0.3, 0.4) is 0 Å². The van der Waals surface area contributed by atoms with E-state index in [0.717, 1.165) is 5.56 Å². The summed E-state index contributed by atoms with van der Waals surface area (Å²) in [6.45, 7) is 0. The van der Waals surface area contributed by atoms with Crippen LogP contribution in [-0.4, -0.2) is 10.1 Å². The van der Waals surface area contributed by atoms with E-state index in [1.807, 2.05) is 6.07 Å². The summed E-state index contributed by atoms with van der Waals surface area (Å²) < 4.78 is 13.1. The number of nitrogens with zero attached hydrogens (tertiary/aromatic N) is 1. The summed E-state index contributed by atoms with van der Waals surface area (Å²) in [4.78, 5) is 3.95. The Hall–Kier alpha value is -1.94. The molecule has 0 amide bonds. The van der Waals surface area contributed by atoms with Crippen molar-refractivity contribution in [3.05, 3.63) is 59.7 Å². The second-order valence-corrected chi connectivity index (χ2v) is 3.85. The van der Waals surface area contributed by atoms with Crippen LogP contribution in [0.25, 0.3) is 0 Å². The maximum Gasteiger partial charge on any atom is 0.123 e. The molecule has 0 saturated heterocycles. The number of aliphatic hydroxyl groups is 1. The van der Waals surface area contributed by atoms with Gasteiger partial charge in [-0.1, -0.05) is 6.07 Å². The van der Waals surface area contributed by atoms with Gasteiger partial charge < -0.3 is 10.8 Å². The van der Waals surface area contributed by atoms with E-state index in [2.05, 4.69) is 4.98 Å². The van der Waals surface area contributed by atoms with Crippen LogP contribution in [0.5, 0.6) is 0 Å². The summed E-state index contributed by atoms with van der Waals surface area (Å²) in [7, 11) is 0. The number of nitrogen functional groups attached to an aromatic ring is 1. The Balaban J connectivity index is 2.20. The van der Waals surface area contributed by atoms with Crippen LogP contribution in [0.15, 0.2) is 42.7 Å². The third-order valence-electron chi connectivity index (χ3n) is 2.56. The fourth-order valence-electron chi connectivity index (χ4n) is 1.69. The van der Waals surface area contributed by atoms with Gasteiger partial charge in [-0.2, -0.15) is 0 Å². The van der Waals surface area contributed by atoms with Crippen LogP contribution in [0.1, 0.15) is 17.2 Å². The molecule has 1 unspecified atom stereocenters. The average Bonchev–Trinajstić information content (AvgIpc) is 2.33. The molecule has 4 heteroatoms. The van der Waals surface area contributed by atoms with Crippen molar-refractivity contribution in [1.29, 1.82) is 0 Å². The van der Waals surface area contributed by atoms with Crippen LogP contribution < -0.4 is 5.73 Å². The molecule has 2 aromatic rings. The van der Waals surface area contributed by atoms with Gasteiger partial charge in [0.15, 0.2) is 0 Å². The molecule has 3 nitrogen and oxygen atoms in total. The van der Waals surface area contributed by atoms with Gasteiger partial charge in [0.25, 0.3) is 0 Å². The number of rotatable bonds is 3. The Morgan fingerprint density at radius 2 is 2.18 bits per heavy atom. The highest BCUT2D eigenvalue weighted by Crippen LogP contribution is 2.24. The standard InChI is InChI=1S/C13H13FN2O/c14-10-3-4-12(15)11(7-10)13(17)6-9-2-1-5-16-8-9/h1-5,7-8,13,17H,6,15H2. The Bertz CT molecular complexity index is 502. The summed E-state index contributed by atoms with van der Waals surface area (Å²) in [6.07, 6.45) is 2.86. The van der Waals surface area contributed by atoms with Crippen molar-refractivity contribution < 1.29 is 9.50 Å². The molecule has 17 heavy (non-hydrogen) atoms. The first kappa shape index (κ1) is 11.5. The first-order valence-corrected chi connectivity index (χ1v) is 5.28. The SMILES string of the molecule is Nc1ccc(F)cc1C(O)Cc1cccnc1. The maximum absolute atomic E-state index is 13.1. The van der Waals surface area contributed by atoms with Crippen LogP contribution in [0, 0.1) is 5.82 Å². The van der Waals surface area contributed by atoms with E-state index in [0.29, 0.717) is 17.7 Å². The Morgan fingerprint density at radius 3 is 2.88 bits per heavy atom. The largest absolute Gasteiger partial charge is 0.398 e. The fourth-order valence-corrected chi connectivity index (χ4v) is 1.69. The predicted octanol–water partition coefficient (Wildman–Crippen LogP) is 2.08. The number of halogens is 1. The topological polar surface area (TPSA) is 59.1 Å². The average molecular weight is 232 g/mol. The summed E-state index contributed by atoms with van der Waals surface area (Å²) in [5.41, 5.74) is 7.38. The molecule has 0 spiro atoms. The maximum atomic E-state index is 13.1. The van der Waals surface area contributed by atoms with Crippen molar-refractivity contribution in [1.82, 2.24) is 4.98 Å². The number of benzene rings is 1. The van der Waals surface area contributed by atoms with Crippen molar-refractivity contribution in [3.63, 3.8) is 0 Å². The summed E-state index contributed by atoms with van der Waals surface area (Å²) in [5.74, 6) is -0.403. The highest BCUT2D eigenvalue weighted by molar-refractivity contribution is 5.48. The molecule has 1 aromatic carbocycles. The van der Waals surface area contributed by atoms with Gasteiger partial charge in [-0.3, -0.25) is 4.98 Å². The van der Waals surface area contributed by atoms with Crippen LogP contribution in [0.2, 0.25) is 0 Å². The van der Waals surface area contributed by atoms with Crippen molar-refractivity contribution in [2.45, 2.75) is 12.5 Å². The molecule has 0 aliphatic rings. The molecule has 1 heterocycles. The quantitative estimate of drug-likeness (QED) is 0.796. The Morgan fingerprint density at radius 1 is 1.35 bits per heavy atom. The normalized spacial score (nSPS) is 12.4. The minimum Gasteiger partial charge on any atom is -0.398 e. The molecule has 0 saturated carbocycles. The third kappa shape index (κ3) is 2.79. The number of anilines is 1.